The molecule has 154 valence electrons. The summed E-state index contributed by atoms with van der Waals surface area (Å²) in [5.74, 6) is 1.45. The van der Waals surface area contributed by atoms with E-state index in [9.17, 15) is 8.42 Å². The van der Waals surface area contributed by atoms with Crippen LogP contribution in [0.5, 0.6) is 11.6 Å². The highest BCUT2D eigenvalue weighted by Crippen LogP contribution is 2.28. The third-order valence-corrected chi connectivity index (χ3v) is 7.49. The Morgan fingerprint density at radius 2 is 1.83 bits per heavy atom. The van der Waals surface area contributed by atoms with Crippen LogP contribution < -0.4 is 9.46 Å². The summed E-state index contributed by atoms with van der Waals surface area (Å²) in [4.78, 5) is 8.37. The Morgan fingerprint density at radius 1 is 1.07 bits per heavy atom. The van der Waals surface area contributed by atoms with E-state index in [0.29, 0.717) is 23.1 Å². The Balaban J connectivity index is 1.49. The number of rotatable bonds is 6. The fourth-order valence-corrected chi connectivity index (χ4v) is 5.79. The van der Waals surface area contributed by atoms with Crippen molar-refractivity contribution in [3.8, 4) is 17.4 Å². The van der Waals surface area contributed by atoms with Crippen molar-refractivity contribution < 1.29 is 13.2 Å². The summed E-state index contributed by atoms with van der Waals surface area (Å²) in [6.45, 7) is 3.85. The molecule has 0 aliphatic rings. The lowest BCUT2D eigenvalue weighted by Crippen LogP contribution is -2.11. The van der Waals surface area contributed by atoms with Gasteiger partial charge in [0, 0.05) is 17.4 Å². The van der Waals surface area contributed by atoms with Crippen LogP contribution >= 0.6 is 27.3 Å². The Kier molecular flexibility index (Phi) is 5.58. The maximum Gasteiger partial charge on any atom is 0.271 e. The molecule has 0 unspecified atom stereocenters. The van der Waals surface area contributed by atoms with Gasteiger partial charge in [-0.25, -0.2) is 23.1 Å². The van der Waals surface area contributed by atoms with E-state index in [-0.39, 0.29) is 4.21 Å². The molecule has 8 nitrogen and oxygen atoms in total. The van der Waals surface area contributed by atoms with Gasteiger partial charge in [0.25, 0.3) is 10.0 Å². The fourth-order valence-electron chi connectivity index (χ4n) is 2.72. The lowest BCUT2D eigenvalue weighted by atomic mass is 10.3. The molecule has 4 rings (SSSR count). The van der Waals surface area contributed by atoms with Crippen LogP contribution in [0.15, 0.2) is 62.9 Å². The Bertz CT molecular complexity index is 1300. The largest absolute Gasteiger partial charge is 0.439 e. The number of anilines is 1. The van der Waals surface area contributed by atoms with Crippen LogP contribution in [0.2, 0.25) is 0 Å². The summed E-state index contributed by atoms with van der Waals surface area (Å²) >= 11 is 4.41. The van der Waals surface area contributed by atoms with Crippen LogP contribution in [0.25, 0.3) is 5.82 Å². The molecule has 0 radical (unpaired) electrons. The molecule has 0 fully saturated rings. The van der Waals surface area contributed by atoms with Crippen molar-refractivity contribution >= 4 is 43.0 Å². The smallest absolute Gasteiger partial charge is 0.271 e. The number of nitrogens with zero attached hydrogens (tertiary/aromatic N) is 4. The molecule has 0 atom stereocenters. The molecule has 1 N–H and O–H groups in total. The zero-order valence-electron chi connectivity index (χ0n) is 15.9. The zero-order valence-corrected chi connectivity index (χ0v) is 19.1. The Labute approximate surface area is 185 Å². The monoisotopic (exact) mass is 505 g/mol. The predicted molar refractivity (Wildman–Crippen MR) is 118 cm³/mol. The molecule has 3 aromatic heterocycles. The maximum absolute atomic E-state index is 12.4. The first-order valence-electron chi connectivity index (χ1n) is 8.72. The number of benzene rings is 1. The summed E-state index contributed by atoms with van der Waals surface area (Å²) in [6, 6.07) is 13.4. The molecule has 0 saturated heterocycles. The molecule has 4 aromatic rings. The molecule has 0 bridgehead atoms. The second-order valence-corrected chi connectivity index (χ2v) is 10.7. The van der Waals surface area contributed by atoms with Crippen molar-refractivity contribution in [2.75, 3.05) is 4.72 Å². The quantitative estimate of drug-likeness (QED) is 0.407. The van der Waals surface area contributed by atoms with E-state index in [4.69, 9.17) is 4.74 Å². The van der Waals surface area contributed by atoms with Gasteiger partial charge in [0.05, 0.1) is 9.48 Å². The van der Waals surface area contributed by atoms with E-state index >= 15 is 0 Å². The molecule has 0 aliphatic heterocycles. The van der Waals surface area contributed by atoms with E-state index in [2.05, 4.69) is 35.7 Å². The van der Waals surface area contributed by atoms with Gasteiger partial charge < -0.3 is 4.74 Å². The lowest BCUT2D eigenvalue weighted by Gasteiger charge is -2.09. The van der Waals surface area contributed by atoms with Crippen LogP contribution in [-0.4, -0.2) is 28.2 Å². The van der Waals surface area contributed by atoms with Crippen LogP contribution in [-0.2, 0) is 10.0 Å². The SMILES string of the molecule is Cc1cc(C)n(-c2cc(Oc3ccc(NS(=O)(=O)c4ccc(Br)s4)cc3)ncn2)n1. The topological polar surface area (TPSA) is 99.0 Å². The van der Waals surface area contributed by atoms with Crippen molar-refractivity contribution in [2.45, 2.75) is 18.1 Å². The van der Waals surface area contributed by atoms with Gasteiger partial charge in [0.2, 0.25) is 5.88 Å². The minimum Gasteiger partial charge on any atom is -0.439 e. The van der Waals surface area contributed by atoms with Gasteiger partial charge >= 0.3 is 0 Å². The summed E-state index contributed by atoms with van der Waals surface area (Å²) in [7, 11) is -3.64. The number of nitrogens with one attached hydrogen (secondary N) is 1. The lowest BCUT2D eigenvalue weighted by molar-refractivity contribution is 0.460. The van der Waals surface area contributed by atoms with Crippen LogP contribution in [0.1, 0.15) is 11.4 Å². The summed E-state index contributed by atoms with van der Waals surface area (Å²) in [6.07, 6.45) is 1.41. The normalized spacial score (nSPS) is 11.4. The first-order valence-corrected chi connectivity index (χ1v) is 11.8. The van der Waals surface area contributed by atoms with Crippen molar-refractivity contribution in [1.82, 2.24) is 19.7 Å². The first kappa shape index (κ1) is 20.5. The highest BCUT2D eigenvalue weighted by molar-refractivity contribution is 9.11. The van der Waals surface area contributed by atoms with E-state index in [1.54, 1.807) is 47.1 Å². The first-order chi connectivity index (χ1) is 14.3. The minimum absolute atomic E-state index is 0.229. The minimum atomic E-state index is -3.64. The Morgan fingerprint density at radius 3 is 2.47 bits per heavy atom. The van der Waals surface area contributed by atoms with Gasteiger partial charge in [0.15, 0.2) is 5.82 Å². The highest BCUT2D eigenvalue weighted by Gasteiger charge is 2.16. The van der Waals surface area contributed by atoms with Gasteiger partial charge in [-0.3, -0.25) is 4.72 Å². The summed E-state index contributed by atoms with van der Waals surface area (Å²) < 4.78 is 35.9. The number of aromatic nitrogens is 4. The predicted octanol–water partition coefficient (Wildman–Crippen LogP) is 4.70. The van der Waals surface area contributed by atoms with E-state index in [1.807, 2.05) is 19.9 Å². The van der Waals surface area contributed by atoms with Crippen molar-refractivity contribution in [3.63, 3.8) is 0 Å². The van der Waals surface area contributed by atoms with Gasteiger partial charge in [0.1, 0.15) is 16.3 Å². The van der Waals surface area contributed by atoms with Crippen LogP contribution in [0, 0.1) is 13.8 Å². The number of aryl methyl sites for hydroxylation is 2. The second kappa shape index (κ2) is 8.17. The number of ether oxygens (including phenoxy) is 1. The summed E-state index contributed by atoms with van der Waals surface area (Å²) in [5, 5.41) is 4.40. The standard InChI is InChI=1S/C19H16BrN5O3S2/c1-12-9-13(2)25(23-12)17-10-18(22-11-21-17)28-15-5-3-14(4-6-15)24-30(26,27)19-8-7-16(20)29-19/h3-11,24H,1-2H3. The van der Waals surface area contributed by atoms with Crippen molar-refractivity contribution in [3.05, 3.63) is 70.0 Å². The molecule has 0 spiro atoms. The molecule has 0 saturated carbocycles. The number of hydrogen-bond donors (Lipinski definition) is 1. The molecule has 1 aromatic carbocycles. The number of thiophene rings is 1. The average Bonchev–Trinajstić information content (AvgIpc) is 3.29. The molecule has 0 amide bonds. The van der Waals surface area contributed by atoms with Gasteiger partial charge in [-0.1, -0.05) is 0 Å². The zero-order chi connectivity index (χ0) is 21.3. The third-order valence-electron chi connectivity index (χ3n) is 4.00. The van der Waals surface area contributed by atoms with Crippen molar-refractivity contribution in [2.24, 2.45) is 0 Å². The van der Waals surface area contributed by atoms with E-state index in [0.717, 1.165) is 26.5 Å². The fraction of sp³-hybridized carbons (Fsp3) is 0.105. The summed E-state index contributed by atoms with van der Waals surface area (Å²) in [5.41, 5.74) is 2.27. The maximum atomic E-state index is 12.4. The van der Waals surface area contributed by atoms with E-state index in [1.165, 1.54) is 6.33 Å². The molecular weight excluding hydrogens is 490 g/mol. The van der Waals surface area contributed by atoms with E-state index < -0.39 is 10.0 Å². The average molecular weight is 506 g/mol. The number of halogens is 1. The molecular formula is C19H16BrN5O3S2. The number of hydrogen-bond acceptors (Lipinski definition) is 7. The van der Waals surface area contributed by atoms with Crippen LogP contribution in [0.4, 0.5) is 5.69 Å². The molecule has 0 aliphatic carbocycles. The number of sulfonamides is 1. The van der Waals surface area contributed by atoms with Crippen molar-refractivity contribution in [1.29, 1.82) is 0 Å². The third kappa shape index (κ3) is 4.53. The van der Waals surface area contributed by atoms with Crippen LogP contribution in [0.3, 0.4) is 0 Å². The van der Waals surface area contributed by atoms with Gasteiger partial charge in [-0.05, 0) is 72.2 Å². The molecule has 30 heavy (non-hydrogen) atoms. The molecule has 11 heteroatoms. The van der Waals surface area contributed by atoms with Gasteiger partial charge in [-0.15, -0.1) is 11.3 Å². The molecule has 3 heterocycles. The highest BCUT2D eigenvalue weighted by atomic mass is 79.9. The second-order valence-electron chi connectivity index (χ2n) is 6.34. The van der Waals surface area contributed by atoms with Gasteiger partial charge in [-0.2, -0.15) is 5.10 Å². The Hall–Kier alpha value is -2.76.